The summed E-state index contributed by atoms with van der Waals surface area (Å²) in [6.07, 6.45) is 3.57. The minimum Gasteiger partial charge on any atom is -0.382 e. The second-order valence-electron chi connectivity index (χ2n) is 5.53. The molecule has 4 nitrogen and oxygen atoms in total. The summed E-state index contributed by atoms with van der Waals surface area (Å²) in [4.78, 5) is 19.8. The number of rotatable bonds is 5. The lowest BCUT2D eigenvalue weighted by molar-refractivity contribution is 0.112. The number of benzene rings is 2. The van der Waals surface area contributed by atoms with E-state index in [9.17, 15) is 4.79 Å². The number of nitrogens with two attached hydrogens (primary N) is 1. The summed E-state index contributed by atoms with van der Waals surface area (Å²) in [6, 6.07) is 12.6. The fraction of sp³-hybridized carbons (Fsp3) is 0.105. The Morgan fingerprint density at radius 1 is 1.04 bits per heavy atom. The molecule has 25 heavy (non-hydrogen) atoms. The normalized spacial score (nSPS) is 10.6. The molecule has 0 spiro atoms. The van der Waals surface area contributed by atoms with Crippen LogP contribution in [-0.4, -0.2) is 16.3 Å². The zero-order valence-corrected chi connectivity index (χ0v) is 14.8. The van der Waals surface area contributed by atoms with Gasteiger partial charge in [-0.15, -0.1) is 0 Å². The van der Waals surface area contributed by atoms with Gasteiger partial charge in [0.1, 0.15) is 12.1 Å². The summed E-state index contributed by atoms with van der Waals surface area (Å²) in [5, 5.41) is 1.24. The molecule has 6 heteroatoms. The van der Waals surface area contributed by atoms with Crippen LogP contribution < -0.4 is 5.73 Å². The van der Waals surface area contributed by atoms with Crippen molar-refractivity contribution in [3.63, 3.8) is 0 Å². The van der Waals surface area contributed by atoms with Crippen LogP contribution in [-0.2, 0) is 12.8 Å². The average Bonchev–Trinajstić information content (AvgIpc) is 2.62. The molecule has 2 N–H and O–H groups in total. The van der Waals surface area contributed by atoms with Crippen LogP contribution in [0.2, 0.25) is 10.0 Å². The van der Waals surface area contributed by atoms with Crippen LogP contribution in [0, 0.1) is 0 Å². The number of carbonyl (C=O) groups is 1. The van der Waals surface area contributed by atoms with Gasteiger partial charge in [-0.25, -0.2) is 9.97 Å². The van der Waals surface area contributed by atoms with Crippen molar-refractivity contribution in [2.24, 2.45) is 0 Å². The highest BCUT2D eigenvalue weighted by molar-refractivity contribution is 6.35. The number of aryl methyl sites for hydroxylation is 1. The SMILES string of the molecule is Nc1ncc(-c2cccc(C=O)c2)nc1CCc1c(Cl)cccc1Cl. The molecule has 0 atom stereocenters. The average molecular weight is 372 g/mol. The van der Waals surface area contributed by atoms with E-state index in [0.29, 0.717) is 45.7 Å². The van der Waals surface area contributed by atoms with E-state index in [4.69, 9.17) is 28.9 Å². The Bertz CT molecular complexity index is 908. The third-order valence-corrected chi connectivity index (χ3v) is 4.58. The minimum absolute atomic E-state index is 0.374. The predicted octanol–water partition coefficient (Wildman–Crippen LogP) is 4.63. The van der Waals surface area contributed by atoms with Gasteiger partial charge in [-0.2, -0.15) is 0 Å². The zero-order chi connectivity index (χ0) is 17.8. The maximum absolute atomic E-state index is 11.0. The first-order valence-corrected chi connectivity index (χ1v) is 8.44. The van der Waals surface area contributed by atoms with Gasteiger partial charge in [0.15, 0.2) is 0 Å². The Morgan fingerprint density at radius 3 is 2.48 bits per heavy atom. The molecule has 0 fully saturated rings. The van der Waals surface area contributed by atoms with Crippen LogP contribution in [0.4, 0.5) is 5.82 Å². The van der Waals surface area contributed by atoms with Gasteiger partial charge in [0.25, 0.3) is 0 Å². The standard InChI is InChI=1S/C19H15Cl2N3O/c20-15-5-2-6-16(21)14(15)7-8-17-19(22)23-10-18(24-17)13-4-1-3-12(9-13)11-25/h1-6,9-11H,7-8H2,(H2,22,23). The Labute approximate surface area is 155 Å². The van der Waals surface area contributed by atoms with E-state index >= 15 is 0 Å². The van der Waals surface area contributed by atoms with Crippen molar-refractivity contribution in [3.8, 4) is 11.3 Å². The molecule has 0 radical (unpaired) electrons. The van der Waals surface area contributed by atoms with Crippen LogP contribution in [0.15, 0.2) is 48.7 Å². The maximum Gasteiger partial charge on any atom is 0.150 e. The van der Waals surface area contributed by atoms with Crippen LogP contribution >= 0.6 is 23.2 Å². The van der Waals surface area contributed by atoms with Crippen LogP contribution in [0.3, 0.4) is 0 Å². The van der Waals surface area contributed by atoms with Crippen molar-refractivity contribution >= 4 is 35.3 Å². The van der Waals surface area contributed by atoms with E-state index in [1.165, 1.54) is 0 Å². The fourth-order valence-corrected chi connectivity index (χ4v) is 3.13. The monoisotopic (exact) mass is 371 g/mol. The molecule has 126 valence electrons. The Balaban J connectivity index is 1.88. The number of aromatic nitrogens is 2. The number of carbonyl (C=O) groups excluding carboxylic acids is 1. The molecule has 1 heterocycles. The Morgan fingerprint density at radius 2 is 1.76 bits per heavy atom. The first-order valence-electron chi connectivity index (χ1n) is 7.68. The van der Waals surface area contributed by atoms with E-state index in [1.807, 2.05) is 12.1 Å². The van der Waals surface area contributed by atoms with Crippen molar-refractivity contribution in [2.75, 3.05) is 5.73 Å². The Kier molecular flexibility index (Phi) is 5.31. The fourth-order valence-electron chi connectivity index (χ4n) is 2.55. The number of hydrogen-bond acceptors (Lipinski definition) is 4. The van der Waals surface area contributed by atoms with Gasteiger partial charge in [0.2, 0.25) is 0 Å². The molecular weight excluding hydrogens is 357 g/mol. The number of hydrogen-bond donors (Lipinski definition) is 1. The number of nitrogen functional groups attached to an aromatic ring is 1. The number of nitrogens with zero attached hydrogens (tertiary/aromatic N) is 2. The van der Waals surface area contributed by atoms with E-state index < -0.39 is 0 Å². The molecule has 0 bridgehead atoms. The van der Waals surface area contributed by atoms with E-state index in [-0.39, 0.29) is 0 Å². The van der Waals surface area contributed by atoms with Crippen LogP contribution in [0.5, 0.6) is 0 Å². The van der Waals surface area contributed by atoms with E-state index in [0.717, 1.165) is 17.4 Å². The van der Waals surface area contributed by atoms with E-state index in [1.54, 1.807) is 36.5 Å². The number of aldehydes is 1. The van der Waals surface area contributed by atoms with Gasteiger partial charge in [-0.3, -0.25) is 4.79 Å². The van der Waals surface area contributed by atoms with Crippen LogP contribution in [0.25, 0.3) is 11.3 Å². The van der Waals surface area contributed by atoms with Crippen LogP contribution in [0.1, 0.15) is 21.6 Å². The summed E-state index contributed by atoms with van der Waals surface area (Å²) in [5.41, 5.74) is 9.56. The molecule has 0 aliphatic carbocycles. The van der Waals surface area contributed by atoms with Gasteiger partial charge in [0, 0.05) is 21.2 Å². The smallest absolute Gasteiger partial charge is 0.150 e. The van der Waals surface area contributed by atoms with Crippen molar-refractivity contribution in [2.45, 2.75) is 12.8 Å². The molecule has 0 aliphatic rings. The lowest BCUT2D eigenvalue weighted by atomic mass is 10.1. The van der Waals surface area contributed by atoms with Gasteiger partial charge >= 0.3 is 0 Å². The van der Waals surface area contributed by atoms with Gasteiger partial charge < -0.3 is 5.73 Å². The summed E-state index contributed by atoms with van der Waals surface area (Å²) in [7, 11) is 0. The van der Waals surface area contributed by atoms with Gasteiger partial charge in [-0.05, 0) is 36.6 Å². The second-order valence-corrected chi connectivity index (χ2v) is 6.35. The summed E-state index contributed by atoms with van der Waals surface area (Å²) < 4.78 is 0. The quantitative estimate of drug-likeness (QED) is 0.663. The lowest BCUT2D eigenvalue weighted by Crippen LogP contribution is -2.04. The van der Waals surface area contributed by atoms with Crippen molar-refractivity contribution < 1.29 is 4.79 Å². The third-order valence-electron chi connectivity index (χ3n) is 3.87. The summed E-state index contributed by atoms with van der Waals surface area (Å²) in [5.74, 6) is 0.374. The highest BCUT2D eigenvalue weighted by atomic mass is 35.5. The highest BCUT2D eigenvalue weighted by Crippen LogP contribution is 2.26. The molecule has 3 rings (SSSR count). The third kappa shape index (κ3) is 3.98. The lowest BCUT2D eigenvalue weighted by Gasteiger charge is -2.09. The molecule has 0 amide bonds. The molecular formula is C19H15Cl2N3O. The predicted molar refractivity (Wildman–Crippen MR) is 101 cm³/mol. The highest BCUT2D eigenvalue weighted by Gasteiger charge is 2.11. The van der Waals surface area contributed by atoms with Crippen molar-refractivity contribution in [1.82, 2.24) is 9.97 Å². The minimum atomic E-state index is 0.374. The largest absolute Gasteiger partial charge is 0.382 e. The molecule has 2 aromatic carbocycles. The van der Waals surface area contributed by atoms with Gasteiger partial charge in [-0.1, -0.05) is 47.5 Å². The second kappa shape index (κ2) is 7.64. The summed E-state index contributed by atoms with van der Waals surface area (Å²) >= 11 is 12.4. The molecule has 0 saturated heterocycles. The van der Waals surface area contributed by atoms with Crippen molar-refractivity contribution in [3.05, 3.63) is 75.5 Å². The van der Waals surface area contributed by atoms with Crippen molar-refractivity contribution in [1.29, 1.82) is 0 Å². The first-order chi connectivity index (χ1) is 12.1. The number of anilines is 1. The molecule has 0 aliphatic heterocycles. The first kappa shape index (κ1) is 17.4. The maximum atomic E-state index is 11.0. The zero-order valence-electron chi connectivity index (χ0n) is 13.2. The molecule has 0 saturated carbocycles. The van der Waals surface area contributed by atoms with Gasteiger partial charge in [0.05, 0.1) is 17.6 Å². The molecule has 0 unspecified atom stereocenters. The summed E-state index contributed by atoms with van der Waals surface area (Å²) in [6.45, 7) is 0. The van der Waals surface area contributed by atoms with E-state index in [2.05, 4.69) is 9.97 Å². The Hall–Kier alpha value is -2.43. The molecule has 1 aromatic heterocycles. The topological polar surface area (TPSA) is 68.9 Å². The number of halogens is 2. The molecule has 3 aromatic rings.